The minimum atomic E-state index is -0.852. The Morgan fingerprint density at radius 1 is 0.917 bits per heavy atom. The summed E-state index contributed by atoms with van der Waals surface area (Å²) in [5.41, 5.74) is 2.04. The predicted octanol–water partition coefficient (Wildman–Crippen LogP) is 7.74. The number of amidine groups is 1. The van der Waals surface area contributed by atoms with Gasteiger partial charge in [0.15, 0.2) is 0 Å². The van der Waals surface area contributed by atoms with Gasteiger partial charge < -0.3 is 4.74 Å². The molecule has 0 aliphatic carbocycles. The first-order valence-corrected chi connectivity index (χ1v) is 12.9. The summed E-state index contributed by atoms with van der Waals surface area (Å²) in [6.45, 7) is 13.0. The van der Waals surface area contributed by atoms with E-state index in [2.05, 4.69) is 39.8 Å². The van der Waals surface area contributed by atoms with Gasteiger partial charge in [0.2, 0.25) is 6.41 Å². The summed E-state index contributed by atoms with van der Waals surface area (Å²) in [5, 5.41) is 1.27. The van der Waals surface area contributed by atoms with E-state index < -0.39 is 11.1 Å². The zero-order valence-corrected chi connectivity index (χ0v) is 23.1. The van der Waals surface area contributed by atoms with Crippen LogP contribution in [0.2, 0.25) is 10.0 Å². The van der Waals surface area contributed by atoms with Gasteiger partial charge >= 0.3 is 0 Å². The molecule has 0 spiro atoms. The molecule has 3 aromatic carbocycles. The van der Waals surface area contributed by atoms with Crippen LogP contribution in [0.25, 0.3) is 0 Å². The van der Waals surface area contributed by atoms with Crippen molar-refractivity contribution in [2.24, 2.45) is 4.99 Å². The van der Waals surface area contributed by atoms with Gasteiger partial charge in [-0.25, -0.2) is 0 Å². The molecule has 0 aromatic heterocycles. The third kappa shape index (κ3) is 4.31. The molecule has 4 nitrogen and oxygen atoms in total. The highest BCUT2D eigenvalue weighted by Gasteiger charge is 2.57. The highest BCUT2D eigenvalue weighted by molar-refractivity contribution is 6.30. The Labute approximate surface area is 223 Å². The lowest BCUT2D eigenvalue weighted by molar-refractivity contribution is -0.119. The molecule has 6 heteroatoms. The lowest BCUT2D eigenvalue weighted by Crippen LogP contribution is -2.52. The van der Waals surface area contributed by atoms with E-state index in [-0.39, 0.29) is 5.41 Å². The molecule has 0 bridgehead atoms. The van der Waals surface area contributed by atoms with Crippen LogP contribution in [-0.4, -0.2) is 23.8 Å². The van der Waals surface area contributed by atoms with E-state index in [0.29, 0.717) is 28.2 Å². The van der Waals surface area contributed by atoms with E-state index in [0.717, 1.165) is 28.7 Å². The van der Waals surface area contributed by atoms with Gasteiger partial charge in [-0.15, -0.1) is 0 Å². The largest absolute Gasteiger partial charge is 0.493 e. The average molecular weight is 524 g/mol. The molecule has 1 heterocycles. The maximum atomic E-state index is 12.9. The molecule has 2 atom stereocenters. The molecule has 36 heavy (non-hydrogen) atoms. The number of hydrogen-bond acceptors (Lipinski definition) is 3. The first-order valence-electron chi connectivity index (χ1n) is 12.1. The van der Waals surface area contributed by atoms with Crippen molar-refractivity contribution in [1.82, 2.24) is 4.90 Å². The number of nitrogens with zero attached hydrogens (tertiary/aromatic N) is 2. The van der Waals surface area contributed by atoms with Crippen molar-refractivity contribution >= 4 is 35.4 Å². The number of hydrogen-bond donors (Lipinski definition) is 0. The van der Waals surface area contributed by atoms with Gasteiger partial charge in [0.05, 0.1) is 12.2 Å². The standard InChI is InChI=1S/C30H32Cl2N2O2/c1-7-36-26-18-22(28(2,3)4)12-17-25(26)27-33-29(5,20-8-13-23(31)14-9-20)30(6,34(27)19-35)21-10-15-24(32)16-11-21/h8-19H,7H2,1-6H3. The topological polar surface area (TPSA) is 41.9 Å². The summed E-state index contributed by atoms with van der Waals surface area (Å²) in [7, 11) is 0. The molecule has 0 radical (unpaired) electrons. The van der Waals surface area contributed by atoms with Crippen LogP contribution in [0, 0.1) is 0 Å². The van der Waals surface area contributed by atoms with Crippen LogP contribution < -0.4 is 4.74 Å². The first kappa shape index (κ1) is 26.2. The Bertz CT molecular complexity index is 1300. The molecule has 0 saturated carbocycles. The van der Waals surface area contributed by atoms with Crippen molar-refractivity contribution in [2.45, 2.75) is 58.0 Å². The number of ether oxygens (including phenoxy) is 1. The third-order valence-electron chi connectivity index (χ3n) is 7.29. The number of amides is 1. The second-order valence-electron chi connectivity index (χ2n) is 10.5. The Balaban J connectivity index is 2.00. The molecule has 188 valence electrons. The molecule has 1 aliphatic heterocycles. The van der Waals surface area contributed by atoms with Crippen molar-refractivity contribution in [3.05, 3.63) is 99.0 Å². The monoisotopic (exact) mass is 522 g/mol. The Kier molecular flexibility index (Phi) is 6.98. The van der Waals surface area contributed by atoms with E-state index in [1.165, 1.54) is 0 Å². The van der Waals surface area contributed by atoms with E-state index >= 15 is 0 Å². The molecule has 0 N–H and O–H groups in total. The Hall–Kier alpha value is -2.82. The van der Waals surface area contributed by atoms with E-state index in [4.69, 9.17) is 32.9 Å². The van der Waals surface area contributed by atoms with Crippen molar-refractivity contribution < 1.29 is 9.53 Å². The summed E-state index contributed by atoms with van der Waals surface area (Å²) in [6.07, 6.45) is 0.863. The molecule has 3 aromatic rings. The molecule has 0 saturated heterocycles. The minimum Gasteiger partial charge on any atom is -0.493 e. The molecule has 1 aliphatic rings. The second-order valence-corrected chi connectivity index (χ2v) is 11.3. The van der Waals surface area contributed by atoms with E-state index in [9.17, 15) is 4.79 Å². The third-order valence-corrected chi connectivity index (χ3v) is 7.80. The molecule has 4 rings (SSSR count). The number of halogens is 2. The summed E-state index contributed by atoms with van der Waals surface area (Å²) in [6, 6.07) is 21.4. The summed E-state index contributed by atoms with van der Waals surface area (Å²) < 4.78 is 6.10. The van der Waals surface area contributed by atoms with Crippen molar-refractivity contribution in [1.29, 1.82) is 0 Å². The van der Waals surface area contributed by atoms with Gasteiger partial charge in [0.1, 0.15) is 22.7 Å². The molecular weight excluding hydrogens is 491 g/mol. The Morgan fingerprint density at radius 2 is 1.47 bits per heavy atom. The van der Waals surface area contributed by atoms with Crippen LogP contribution >= 0.6 is 23.2 Å². The van der Waals surface area contributed by atoms with Gasteiger partial charge in [-0.2, -0.15) is 0 Å². The summed E-state index contributed by atoms with van der Waals surface area (Å²) >= 11 is 12.5. The quantitative estimate of drug-likeness (QED) is 0.310. The minimum absolute atomic E-state index is 0.0537. The van der Waals surface area contributed by atoms with Crippen molar-refractivity contribution in [2.75, 3.05) is 6.61 Å². The van der Waals surface area contributed by atoms with Gasteiger partial charge in [0.25, 0.3) is 0 Å². The smallest absolute Gasteiger partial charge is 0.216 e. The van der Waals surface area contributed by atoms with Crippen LogP contribution in [0.4, 0.5) is 0 Å². The van der Waals surface area contributed by atoms with Gasteiger partial charge in [-0.05, 0) is 79.3 Å². The van der Waals surface area contributed by atoms with E-state index in [1.54, 1.807) is 4.90 Å². The highest BCUT2D eigenvalue weighted by atomic mass is 35.5. The number of benzene rings is 3. The fraction of sp³-hybridized carbons (Fsp3) is 0.333. The SMILES string of the molecule is CCOc1cc(C(C)(C)C)ccc1C1=NC(C)(c2ccc(Cl)cc2)C(C)(c2ccc(Cl)cc2)N1C=O. The zero-order valence-electron chi connectivity index (χ0n) is 21.6. The number of aliphatic imine (C=N–C) groups is 1. The molecule has 2 unspecified atom stereocenters. The molecular formula is C30H32Cl2N2O2. The first-order chi connectivity index (χ1) is 17.0. The summed E-state index contributed by atoms with van der Waals surface area (Å²) in [5.74, 6) is 1.26. The van der Waals surface area contributed by atoms with Crippen LogP contribution in [0.3, 0.4) is 0 Å². The Morgan fingerprint density at radius 3 is 1.97 bits per heavy atom. The second kappa shape index (κ2) is 9.57. The maximum Gasteiger partial charge on any atom is 0.216 e. The average Bonchev–Trinajstić information content (AvgIpc) is 3.07. The zero-order chi connectivity index (χ0) is 26.3. The van der Waals surface area contributed by atoms with Crippen LogP contribution in [-0.2, 0) is 21.3 Å². The summed E-state index contributed by atoms with van der Waals surface area (Å²) in [4.78, 5) is 19.9. The number of carbonyl (C=O) groups is 1. The van der Waals surface area contributed by atoms with Gasteiger partial charge in [0, 0.05) is 10.0 Å². The van der Waals surface area contributed by atoms with Gasteiger partial charge in [-0.3, -0.25) is 14.7 Å². The predicted molar refractivity (Wildman–Crippen MR) is 148 cm³/mol. The lowest BCUT2D eigenvalue weighted by atomic mass is 9.71. The maximum absolute atomic E-state index is 12.9. The molecule has 1 amide bonds. The lowest BCUT2D eigenvalue weighted by Gasteiger charge is -2.44. The molecule has 0 fully saturated rings. The fourth-order valence-electron chi connectivity index (χ4n) is 4.93. The van der Waals surface area contributed by atoms with Crippen LogP contribution in [0.1, 0.15) is 63.8 Å². The number of carbonyl (C=O) groups excluding carboxylic acids is 1. The number of rotatable bonds is 6. The van der Waals surface area contributed by atoms with Gasteiger partial charge in [-0.1, -0.05) is 74.3 Å². The van der Waals surface area contributed by atoms with Crippen LogP contribution in [0.5, 0.6) is 5.75 Å². The van der Waals surface area contributed by atoms with Crippen molar-refractivity contribution in [3.63, 3.8) is 0 Å². The fourth-order valence-corrected chi connectivity index (χ4v) is 5.18. The van der Waals surface area contributed by atoms with E-state index in [1.807, 2.05) is 68.4 Å². The normalized spacial score (nSPS) is 21.9. The highest BCUT2D eigenvalue weighted by Crippen LogP contribution is 2.53. The van der Waals surface area contributed by atoms with Crippen molar-refractivity contribution in [3.8, 4) is 5.75 Å². The van der Waals surface area contributed by atoms with Crippen LogP contribution in [0.15, 0.2) is 71.7 Å².